The summed E-state index contributed by atoms with van der Waals surface area (Å²) in [5.74, 6) is 0.0474. The number of nitrogens with one attached hydrogen (secondary N) is 1. The fraction of sp³-hybridized carbons (Fsp3) is 0.133. The van der Waals surface area contributed by atoms with E-state index in [2.05, 4.69) is 20.9 Å². The van der Waals surface area contributed by atoms with Gasteiger partial charge in [0.25, 0.3) is 0 Å². The Bertz CT molecular complexity index is 656. The van der Waals surface area contributed by atoms with Gasteiger partial charge < -0.3 is 10.7 Å². The van der Waals surface area contributed by atoms with E-state index in [1.54, 1.807) is 6.92 Å². The van der Waals surface area contributed by atoms with Crippen LogP contribution in [-0.4, -0.2) is 10.8 Å². The first-order valence-corrected chi connectivity index (χ1v) is 6.70. The number of benzene rings is 1. The molecule has 0 saturated heterocycles. The van der Waals surface area contributed by atoms with Gasteiger partial charge in [-0.1, -0.05) is 22.0 Å². The van der Waals surface area contributed by atoms with Crippen molar-refractivity contribution in [1.82, 2.24) is 4.98 Å². The maximum absolute atomic E-state index is 11.5. The number of H-pyrrole nitrogens is 1. The van der Waals surface area contributed by atoms with Crippen molar-refractivity contribution in [3.8, 4) is 0 Å². The standard InChI is InChI=1S/C15H15BrN2O/c1-9-7-13(10(2)19)15(18-9)6-3-11-8-12(16)4-5-14(11)17/h3-8,18H,17H2,1-2H3/b6-3+. The van der Waals surface area contributed by atoms with Crippen LogP contribution in [0.3, 0.4) is 0 Å². The SMILES string of the molecule is CC(=O)c1cc(C)[nH]c1/C=C/c1cc(Br)ccc1N. The van der Waals surface area contributed by atoms with Crippen molar-refractivity contribution in [3.63, 3.8) is 0 Å². The van der Waals surface area contributed by atoms with Crippen molar-refractivity contribution >= 4 is 39.6 Å². The van der Waals surface area contributed by atoms with Gasteiger partial charge in [0.2, 0.25) is 0 Å². The molecule has 4 heteroatoms. The summed E-state index contributed by atoms with van der Waals surface area (Å²) in [4.78, 5) is 14.7. The number of ketones is 1. The lowest BCUT2D eigenvalue weighted by molar-refractivity contribution is 0.101. The third kappa shape index (κ3) is 3.15. The van der Waals surface area contributed by atoms with E-state index in [4.69, 9.17) is 5.73 Å². The molecule has 19 heavy (non-hydrogen) atoms. The van der Waals surface area contributed by atoms with Crippen LogP contribution in [0.15, 0.2) is 28.7 Å². The molecule has 1 heterocycles. The number of nitrogens with two attached hydrogens (primary N) is 1. The normalized spacial score (nSPS) is 11.1. The predicted octanol–water partition coefficient (Wildman–Crippen LogP) is 4.04. The van der Waals surface area contributed by atoms with E-state index in [-0.39, 0.29) is 5.78 Å². The van der Waals surface area contributed by atoms with Crippen molar-refractivity contribution in [1.29, 1.82) is 0 Å². The molecule has 0 aliphatic heterocycles. The highest BCUT2D eigenvalue weighted by Gasteiger charge is 2.07. The number of hydrogen-bond acceptors (Lipinski definition) is 2. The van der Waals surface area contributed by atoms with Crippen LogP contribution >= 0.6 is 15.9 Å². The molecule has 0 atom stereocenters. The molecule has 0 unspecified atom stereocenters. The van der Waals surface area contributed by atoms with Crippen LogP contribution in [0.4, 0.5) is 5.69 Å². The summed E-state index contributed by atoms with van der Waals surface area (Å²) in [5.41, 5.74) is 9.99. The molecule has 3 nitrogen and oxygen atoms in total. The number of aromatic amines is 1. The summed E-state index contributed by atoms with van der Waals surface area (Å²) >= 11 is 3.41. The molecule has 0 radical (unpaired) electrons. The third-order valence-corrected chi connectivity index (χ3v) is 3.33. The van der Waals surface area contributed by atoms with Crippen LogP contribution in [0.5, 0.6) is 0 Å². The second kappa shape index (κ2) is 5.45. The van der Waals surface area contributed by atoms with Gasteiger partial charge in [-0.05, 0) is 49.8 Å². The molecule has 0 fully saturated rings. The van der Waals surface area contributed by atoms with Gasteiger partial charge in [-0.2, -0.15) is 0 Å². The molecule has 2 aromatic rings. The zero-order valence-corrected chi connectivity index (χ0v) is 12.4. The minimum atomic E-state index is 0.0474. The zero-order valence-electron chi connectivity index (χ0n) is 10.8. The van der Waals surface area contributed by atoms with E-state index in [1.165, 1.54) is 0 Å². The lowest BCUT2D eigenvalue weighted by Crippen LogP contribution is -1.92. The lowest BCUT2D eigenvalue weighted by atomic mass is 10.1. The smallest absolute Gasteiger partial charge is 0.161 e. The maximum atomic E-state index is 11.5. The molecule has 0 aliphatic rings. The monoisotopic (exact) mass is 318 g/mol. The Hall–Kier alpha value is -1.81. The Labute approximate surface area is 120 Å². The fourth-order valence-electron chi connectivity index (χ4n) is 1.90. The molecular formula is C15H15BrN2O. The van der Waals surface area contributed by atoms with Crippen molar-refractivity contribution < 1.29 is 4.79 Å². The van der Waals surface area contributed by atoms with Crippen LogP contribution in [0.2, 0.25) is 0 Å². The summed E-state index contributed by atoms with van der Waals surface area (Å²) in [7, 11) is 0. The number of carbonyl (C=O) groups excluding carboxylic acids is 1. The Kier molecular flexibility index (Phi) is 3.90. The fourth-order valence-corrected chi connectivity index (χ4v) is 2.27. The van der Waals surface area contributed by atoms with Gasteiger partial charge >= 0.3 is 0 Å². The lowest BCUT2D eigenvalue weighted by Gasteiger charge is -2.01. The largest absolute Gasteiger partial charge is 0.398 e. The Morgan fingerprint density at radius 2 is 2.05 bits per heavy atom. The second-order valence-corrected chi connectivity index (χ2v) is 5.36. The number of aromatic nitrogens is 1. The Morgan fingerprint density at radius 1 is 1.32 bits per heavy atom. The molecule has 0 aliphatic carbocycles. The summed E-state index contributed by atoms with van der Waals surface area (Å²) in [6.07, 6.45) is 3.78. The molecule has 0 saturated carbocycles. The summed E-state index contributed by atoms with van der Waals surface area (Å²) < 4.78 is 0.968. The molecular weight excluding hydrogens is 304 g/mol. The Balaban J connectivity index is 2.37. The average Bonchev–Trinajstić information content (AvgIpc) is 2.72. The van der Waals surface area contributed by atoms with E-state index in [9.17, 15) is 4.79 Å². The summed E-state index contributed by atoms with van der Waals surface area (Å²) in [6.45, 7) is 3.49. The maximum Gasteiger partial charge on any atom is 0.161 e. The van der Waals surface area contributed by atoms with Crippen LogP contribution in [0.25, 0.3) is 12.2 Å². The van der Waals surface area contributed by atoms with E-state index >= 15 is 0 Å². The van der Waals surface area contributed by atoms with E-state index < -0.39 is 0 Å². The number of hydrogen-bond donors (Lipinski definition) is 2. The number of anilines is 1. The molecule has 0 spiro atoms. The van der Waals surface area contributed by atoms with Crippen molar-refractivity contribution in [3.05, 3.63) is 51.3 Å². The van der Waals surface area contributed by atoms with Gasteiger partial charge in [0.05, 0.1) is 0 Å². The Morgan fingerprint density at radius 3 is 2.74 bits per heavy atom. The van der Waals surface area contributed by atoms with Crippen molar-refractivity contribution in [2.75, 3.05) is 5.73 Å². The van der Waals surface area contributed by atoms with Gasteiger partial charge in [0.15, 0.2) is 5.78 Å². The molecule has 1 aromatic heterocycles. The average molecular weight is 319 g/mol. The predicted molar refractivity (Wildman–Crippen MR) is 83.0 cm³/mol. The van der Waals surface area contributed by atoms with Gasteiger partial charge in [-0.25, -0.2) is 0 Å². The van der Waals surface area contributed by atoms with E-state index in [0.717, 1.165) is 21.4 Å². The molecule has 2 rings (SSSR count). The highest BCUT2D eigenvalue weighted by molar-refractivity contribution is 9.10. The van der Waals surface area contributed by atoms with Crippen LogP contribution in [0, 0.1) is 6.92 Å². The molecule has 3 N–H and O–H groups in total. The van der Waals surface area contributed by atoms with Crippen LogP contribution in [-0.2, 0) is 0 Å². The first-order valence-electron chi connectivity index (χ1n) is 5.91. The quantitative estimate of drug-likeness (QED) is 0.662. The first-order chi connectivity index (χ1) is 8.97. The summed E-state index contributed by atoms with van der Waals surface area (Å²) in [5, 5.41) is 0. The van der Waals surface area contributed by atoms with Gasteiger partial charge in [0.1, 0.15) is 0 Å². The third-order valence-electron chi connectivity index (χ3n) is 2.84. The minimum Gasteiger partial charge on any atom is -0.398 e. The summed E-state index contributed by atoms with van der Waals surface area (Å²) in [6, 6.07) is 7.53. The molecule has 0 bridgehead atoms. The molecule has 0 amide bonds. The molecule has 1 aromatic carbocycles. The van der Waals surface area contributed by atoms with Gasteiger partial charge in [-0.15, -0.1) is 0 Å². The highest BCUT2D eigenvalue weighted by Crippen LogP contribution is 2.21. The number of Topliss-reactive ketones (excluding diaryl/α,β-unsaturated/α-hetero) is 1. The number of nitrogen functional groups attached to an aromatic ring is 1. The second-order valence-electron chi connectivity index (χ2n) is 4.44. The minimum absolute atomic E-state index is 0.0474. The van der Waals surface area contributed by atoms with E-state index in [0.29, 0.717) is 11.3 Å². The molecule has 98 valence electrons. The van der Waals surface area contributed by atoms with Crippen LogP contribution in [0.1, 0.15) is 34.2 Å². The number of aryl methyl sites for hydroxylation is 1. The highest BCUT2D eigenvalue weighted by atomic mass is 79.9. The van der Waals surface area contributed by atoms with Gasteiger partial charge in [0, 0.05) is 27.1 Å². The first kappa shape index (κ1) is 13.6. The zero-order chi connectivity index (χ0) is 14.0. The van der Waals surface area contributed by atoms with Gasteiger partial charge in [-0.3, -0.25) is 4.79 Å². The van der Waals surface area contributed by atoms with Crippen LogP contribution < -0.4 is 5.73 Å². The van der Waals surface area contributed by atoms with Crippen molar-refractivity contribution in [2.45, 2.75) is 13.8 Å². The number of rotatable bonds is 3. The van der Waals surface area contributed by atoms with Crippen molar-refractivity contribution in [2.24, 2.45) is 0 Å². The topological polar surface area (TPSA) is 58.9 Å². The van der Waals surface area contributed by atoms with E-state index in [1.807, 2.05) is 43.3 Å². The number of carbonyl (C=O) groups is 1. The number of halogens is 1.